The molecule has 0 atom stereocenters. The van der Waals surface area contributed by atoms with Gasteiger partial charge in [-0.2, -0.15) is 0 Å². The Bertz CT molecular complexity index is 781. The normalized spacial score (nSPS) is 10.7. The number of fused-ring (bicyclic) bond motifs is 1. The van der Waals surface area contributed by atoms with Crippen molar-refractivity contribution in [3.05, 3.63) is 54.2 Å². The van der Waals surface area contributed by atoms with Crippen molar-refractivity contribution in [1.82, 2.24) is 4.98 Å². The highest BCUT2D eigenvalue weighted by molar-refractivity contribution is 6.01. The van der Waals surface area contributed by atoms with E-state index >= 15 is 0 Å². The van der Waals surface area contributed by atoms with E-state index in [2.05, 4.69) is 11.1 Å². The topological polar surface area (TPSA) is 48.1 Å². The molecule has 0 aliphatic heterocycles. The van der Waals surface area contributed by atoms with Crippen LogP contribution in [-0.2, 0) is 0 Å². The van der Waals surface area contributed by atoms with Crippen LogP contribution in [0.4, 0.5) is 5.69 Å². The minimum atomic E-state index is 0.695. The van der Waals surface area contributed by atoms with E-state index in [4.69, 9.17) is 10.5 Å². The Hall–Kier alpha value is -2.55. The maximum Gasteiger partial charge on any atom is 0.126 e. The van der Waals surface area contributed by atoms with E-state index < -0.39 is 0 Å². The van der Waals surface area contributed by atoms with Crippen molar-refractivity contribution in [3.8, 4) is 17.0 Å². The maximum atomic E-state index is 6.12. The summed E-state index contributed by atoms with van der Waals surface area (Å²) >= 11 is 0. The van der Waals surface area contributed by atoms with Gasteiger partial charge in [-0.1, -0.05) is 24.3 Å². The second-order valence-corrected chi connectivity index (χ2v) is 4.81. The van der Waals surface area contributed by atoms with E-state index in [-0.39, 0.29) is 0 Å². The number of benzene rings is 2. The Morgan fingerprint density at radius 2 is 1.80 bits per heavy atom. The predicted octanol–water partition coefficient (Wildman–Crippen LogP) is 3.80. The van der Waals surface area contributed by atoms with Crippen LogP contribution in [0.1, 0.15) is 5.56 Å². The molecule has 0 radical (unpaired) electrons. The molecule has 100 valence electrons. The number of pyridine rings is 1. The van der Waals surface area contributed by atoms with Crippen LogP contribution in [0.2, 0.25) is 0 Å². The van der Waals surface area contributed by atoms with Crippen molar-refractivity contribution in [2.75, 3.05) is 12.8 Å². The second-order valence-electron chi connectivity index (χ2n) is 4.81. The number of methoxy groups -OCH3 is 1. The fourth-order valence-electron chi connectivity index (χ4n) is 2.47. The zero-order valence-corrected chi connectivity index (χ0v) is 11.6. The first-order valence-corrected chi connectivity index (χ1v) is 6.49. The molecule has 0 saturated heterocycles. The zero-order valence-electron chi connectivity index (χ0n) is 11.6. The van der Waals surface area contributed by atoms with Crippen molar-refractivity contribution < 1.29 is 4.74 Å². The summed E-state index contributed by atoms with van der Waals surface area (Å²) in [6, 6.07) is 14.0. The van der Waals surface area contributed by atoms with Gasteiger partial charge in [0.15, 0.2) is 0 Å². The molecule has 0 aliphatic rings. The van der Waals surface area contributed by atoms with Gasteiger partial charge >= 0.3 is 0 Å². The lowest BCUT2D eigenvalue weighted by Gasteiger charge is -2.12. The zero-order chi connectivity index (χ0) is 14.1. The van der Waals surface area contributed by atoms with Gasteiger partial charge in [-0.05, 0) is 36.1 Å². The molecule has 1 aromatic heterocycles. The Kier molecular flexibility index (Phi) is 3.03. The standard InChI is InChI=1S/C17H16N2O/c1-11-9-15(18)17(19-10-11)14-7-8-16(20-2)13-6-4-3-5-12(13)14/h3-10H,18H2,1-2H3. The second kappa shape index (κ2) is 4.85. The van der Waals surface area contributed by atoms with Crippen molar-refractivity contribution in [2.24, 2.45) is 0 Å². The van der Waals surface area contributed by atoms with Crippen molar-refractivity contribution >= 4 is 16.5 Å². The first-order valence-electron chi connectivity index (χ1n) is 6.49. The van der Waals surface area contributed by atoms with Crippen molar-refractivity contribution in [1.29, 1.82) is 0 Å². The number of anilines is 1. The summed E-state index contributed by atoms with van der Waals surface area (Å²) in [5.74, 6) is 0.857. The van der Waals surface area contributed by atoms with E-state index in [0.29, 0.717) is 5.69 Å². The summed E-state index contributed by atoms with van der Waals surface area (Å²) < 4.78 is 5.42. The molecule has 3 rings (SSSR count). The molecule has 0 amide bonds. The fraction of sp³-hybridized carbons (Fsp3) is 0.118. The molecule has 0 aliphatic carbocycles. The summed E-state index contributed by atoms with van der Waals surface area (Å²) in [5.41, 5.74) is 9.72. The first kappa shape index (κ1) is 12.5. The van der Waals surface area contributed by atoms with Crippen LogP contribution in [-0.4, -0.2) is 12.1 Å². The van der Waals surface area contributed by atoms with Crippen LogP contribution >= 0.6 is 0 Å². The largest absolute Gasteiger partial charge is 0.496 e. The van der Waals surface area contributed by atoms with Gasteiger partial charge in [0.05, 0.1) is 18.5 Å². The molecule has 3 aromatic rings. The molecule has 0 unspecified atom stereocenters. The number of ether oxygens (including phenoxy) is 1. The molecule has 0 fully saturated rings. The number of aromatic nitrogens is 1. The molecular weight excluding hydrogens is 248 g/mol. The molecule has 0 spiro atoms. The number of nitrogens with two attached hydrogens (primary N) is 1. The number of hydrogen-bond donors (Lipinski definition) is 1. The SMILES string of the molecule is COc1ccc(-c2ncc(C)cc2N)c2ccccc12. The molecule has 20 heavy (non-hydrogen) atoms. The van der Waals surface area contributed by atoms with Crippen molar-refractivity contribution in [3.63, 3.8) is 0 Å². The van der Waals surface area contributed by atoms with Crippen LogP contribution in [0.25, 0.3) is 22.0 Å². The Labute approximate surface area is 118 Å². The van der Waals surface area contributed by atoms with Crippen LogP contribution in [0.5, 0.6) is 5.75 Å². The molecule has 3 heteroatoms. The Morgan fingerprint density at radius 3 is 2.50 bits per heavy atom. The molecule has 2 aromatic carbocycles. The molecule has 1 heterocycles. The van der Waals surface area contributed by atoms with Gasteiger partial charge < -0.3 is 10.5 Å². The first-order chi connectivity index (χ1) is 9.70. The van der Waals surface area contributed by atoms with Crippen LogP contribution in [0, 0.1) is 6.92 Å². The molecule has 3 nitrogen and oxygen atoms in total. The average Bonchev–Trinajstić information content (AvgIpc) is 2.47. The number of nitrogens with zero attached hydrogens (tertiary/aromatic N) is 1. The summed E-state index contributed by atoms with van der Waals surface area (Å²) in [7, 11) is 1.68. The smallest absolute Gasteiger partial charge is 0.126 e. The van der Waals surface area contributed by atoms with E-state index in [9.17, 15) is 0 Å². The number of rotatable bonds is 2. The highest BCUT2D eigenvalue weighted by Crippen LogP contribution is 2.35. The highest BCUT2D eigenvalue weighted by atomic mass is 16.5. The number of hydrogen-bond acceptors (Lipinski definition) is 3. The lowest BCUT2D eigenvalue weighted by atomic mass is 10.00. The van der Waals surface area contributed by atoms with Gasteiger partial charge in [0.2, 0.25) is 0 Å². The highest BCUT2D eigenvalue weighted by Gasteiger charge is 2.11. The Balaban J connectivity index is 2.32. The van der Waals surface area contributed by atoms with Gasteiger partial charge in [0.1, 0.15) is 5.75 Å². The molecule has 0 saturated carbocycles. The van der Waals surface area contributed by atoms with Crippen LogP contribution < -0.4 is 10.5 Å². The van der Waals surface area contributed by atoms with Gasteiger partial charge in [-0.25, -0.2) is 0 Å². The van der Waals surface area contributed by atoms with E-state index in [0.717, 1.165) is 33.3 Å². The summed E-state index contributed by atoms with van der Waals surface area (Å²) in [6.45, 7) is 1.99. The number of nitrogen functional groups attached to an aromatic ring is 1. The third-order valence-electron chi connectivity index (χ3n) is 3.41. The van der Waals surface area contributed by atoms with Crippen molar-refractivity contribution in [2.45, 2.75) is 6.92 Å². The van der Waals surface area contributed by atoms with E-state index in [1.165, 1.54) is 0 Å². The van der Waals surface area contributed by atoms with E-state index in [1.807, 2.05) is 49.5 Å². The maximum absolute atomic E-state index is 6.12. The van der Waals surface area contributed by atoms with Gasteiger partial charge in [-0.15, -0.1) is 0 Å². The quantitative estimate of drug-likeness (QED) is 0.765. The minimum absolute atomic E-state index is 0.695. The minimum Gasteiger partial charge on any atom is -0.496 e. The van der Waals surface area contributed by atoms with Gasteiger partial charge in [0.25, 0.3) is 0 Å². The third kappa shape index (κ3) is 1.97. The fourth-order valence-corrected chi connectivity index (χ4v) is 2.47. The monoisotopic (exact) mass is 264 g/mol. The predicted molar refractivity (Wildman–Crippen MR) is 82.9 cm³/mol. The molecule has 2 N–H and O–H groups in total. The lowest BCUT2D eigenvalue weighted by Crippen LogP contribution is -1.95. The van der Waals surface area contributed by atoms with Gasteiger partial charge in [0, 0.05) is 17.1 Å². The van der Waals surface area contributed by atoms with Crippen LogP contribution in [0.15, 0.2) is 48.7 Å². The summed E-state index contributed by atoms with van der Waals surface area (Å²) in [4.78, 5) is 4.49. The molecule has 0 bridgehead atoms. The Morgan fingerprint density at radius 1 is 1.05 bits per heavy atom. The average molecular weight is 264 g/mol. The number of aryl methyl sites for hydroxylation is 1. The molecular formula is C17H16N2O. The summed E-state index contributed by atoms with van der Waals surface area (Å²) in [5, 5.41) is 2.16. The third-order valence-corrected chi connectivity index (χ3v) is 3.41. The van der Waals surface area contributed by atoms with Crippen LogP contribution in [0.3, 0.4) is 0 Å². The van der Waals surface area contributed by atoms with E-state index in [1.54, 1.807) is 7.11 Å². The lowest BCUT2D eigenvalue weighted by molar-refractivity contribution is 0.420. The van der Waals surface area contributed by atoms with Gasteiger partial charge in [-0.3, -0.25) is 4.98 Å². The summed E-state index contributed by atoms with van der Waals surface area (Å²) in [6.07, 6.45) is 1.84.